The van der Waals surface area contributed by atoms with E-state index in [0.717, 1.165) is 0 Å². The van der Waals surface area contributed by atoms with Crippen molar-refractivity contribution in [3.8, 4) is 0 Å². The number of hydrogen-bond donors (Lipinski definition) is 4. The molecule has 5 heteroatoms. The highest BCUT2D eigenvalue weighted by molar-refractivity contribution is 5.85. The molecule has 0 aromatic rings. The summed E-state index contributed by atoms with van der Waals surface area (Å²) in [4.78, 5) is 0. The van der Waals surface area contributed by atoms with E-state index in [4.69, 9.17) is 21.1 Å². The van der Waals surface area contributed by atoms with E-state index in [1.165, 1.54) is 0 Å². The Bertz CT molecular complexity index is 148. The molecule has 0 aromatic heterocycles. The van der Waals surface area contributed by atoms with E-state index >= 15 is 0 Å². The van der Waals surface area contributed by atoms with E-state index in [1.54, 1.807) is 6.08 Å². The number of hydrogen-bond acceptors (Lipinski definition) is 4. The molecule has 0 saturated heterocycles. The minimum atomic E-state index is -0.308. The lowest BCUT2D eigenvalue weighted by Crippen LogP contribution is -2.23. The van der Waals surface area contributed by atoms with Gasteiger partial charge in [0.15, 0.2) is 0 Å². The van der Waals surface area contributed by atoms with Gasteiger partial charge < -0.3 is 21.1 Å². The van der Waals surface area contributed by atoms with Crippen LogP contribution in [0, 0.1) is 5.41 Å². The molecule has 0 aliphatic carbocycles. The molecule has 0 bridgehead atoms. The van der Waals surface area contributed by atoms with Gasteiger partial charge >= 0.3 is 0 Å². The standard InChI is InChI=1S/C10H21NO3.ClH/c11-6-1-2-10(3-7-12,4-8-13)5-9-14;/h1-2,12-14H,3-9,11H2;1H/b2-1+;. The maximum atomic E-state index is 8.93. The first-order valence-electron chi connectivity index (χ1n) is 4.95. The van der Waals surface area contributed by atoms with Crippen LogP contribution in [-0.2, 0) is 0 Å². The van der Waals surface area contributed by atoms with Gasteiger partial charge in [0.1, 0.15) is 0 Å². The van der Waals surface area contributed by atoms with E-state index in [1.807, 2.05) is 6.08 Å². The maximum absolute atomic E-state index is 8.93. The van der Waals surface area contributed by atoms with Crippen LogP contribution in [-0.4, -0.2) is 41.7 Å². The van der Waals surface area contributed by atoms with Gasteiger partial charge in [-0.25, -0.2) is 0 Å². The van der Waals surface area contributed by atoms with E-state index in [-0.39, 0.29) is 37.6 Å². The van der Waals surface area contributed by atoms with Gasteiger partial charge in [-0.2, -0.15) is 0 Å². The van der Waals surface area contributed by atoms with Crippen LogP contribution >= 0.6 is 12.4 Å². The monoisotopic (exact) mass is 239 g/mol. The zero-order chi connectivity index (χ0) is 10.9. The van der Waals surface area contributed by atoms with Crippen LogP contribution in [0.1, 0.15) is 19.3 Å². The van der Waals surface area contributed by atoms with Crippen LogP contribution in [0.5, 0.6) is 0 Å². The van der Waals surface area contributed by atoms with E-state index < -0.39 is 0 Å². The topological polar surface area (TPSA) is 86.7 Å². The van der Waals surface area contributed by atoms with Gasteiger partial charge in [-0.3, -0.25) is 0 Å². The molecule has 0 aliphatic rings. The van der Waals surface area contributed by atoms with Crippen molar-refractivity contribution in [3.05, 3.63) is 12.2 Å². The first-order chi connectivity index (χ1) is 6.74. The third-order valence-electron chi connectivity index (χ3n) is 2.44. The maximum Gasteiger partial charge on any atom is 0.0439 e. The van der Waals surface area contributed by atoms with Crippen molar-refractivity contribution in [2.45, 2.75) is 19.3 Å². The number of aliphatic hydroxyl groups excluding tert-OH is 3. The molecule has 15 heavy (non-hydrogen) atoms. The fourth-order valence-electron chi connectivity index (χ4n) is 1.61. The third-order valence-corrected chi connectivity index (χ3v) is 2.44. The van der Waals surface area contributed by atoms with E-state index in [2.05, 4.69) is 0 Å². The highest BCUT2D eigenvalue weighted by Crippen LogP contribution is 2.31. The molecular weight excluding hydrogens is 218 g/mol. The molecule has 0 atom stereocenters. The second-order valence-electron chi connectivity index (χ2n) is 3.42. The second kappa shape index (κ2) is 10.4. The molecule has 0 fully saturated rings. The molecule has 0 heterocycles. The predicted octanol–water partition coefficient (Wildman–Crippen LogP) is 0.0567. The molecule has 0 spiro atoms. The zero-order valence-corrected chi connectivity index (χ0v) is 9.75. The number of halogens is 1. The lowest BCUT2D eigenvalue weighted by Gasteiger charge is -2.28. The van der Waals surface area contributed by atoms with Crippen molar-refractivity contribution in [2.75, 3.05) is 26.4 Å². The van der Waals surface area contributed by atoms with Crippen molar-refractivity contribution >= 4 is 12.4 Å². The summed E-state index contributed by atoms with van der Waals surface area (Å²) in [5, 5.41) is 26.8. The van der Waals surface area contributed by atoms with Crippen molar-refractivity contribution in [3.63, 3.8) is 0 Å². The SMILES string of the molecule is Cl.NC/C=C/C(CCO)(CCO)CCO. The first kappa shape index (κ1) is 17.3. The van der Waals surface area contributed by atoms with Gasteiger partial charge in [0.05, 0.1) is 0 Å². The van der Waals surface area contributed by atoms with Crippen LogP contribution < -0.4 is 5.73 Å². The van der Waals surface area contributed by atoms with Gasteiger partial charge in [-0.1, -0.05) is 12.2 Å². The Morgan fingerprint density at radius 1 is 0.933 bits per heavy atom. The van der Waals surface area contributed by atoms with Crippen molar-refractivity contribution in [1.82, 2.24) is 0 Å². The van der Waals surface area contributed by atoms with Crippen LogP contribution in [0.2, 0.25) is 0 Å². The van der Waals surface area contributed by atoms with Crippen molar-refractivity contribution < 1.29 is 15.3 Å². The largest absolute Gasteiger partial charge is 0.396 e. The first-order valence-corrected chi connectivity index (χ1v) is 4.95. The Hall–Kier alpha value is -0.130. The van der Waals surface area contributed by atoms with Crippen molar-refractivity contribution in [1.29, 1.82) is 0 Å². The molecule has 0 radical (unpaired) electrons. The van der Waals surface area contributed by atoms with Gasteiger partial charge in [-0.05, 0) is 24.7 Å². The molecule has 0 aliphatic heterocycles. The van der Waals surface area contributed by atoms with E-state index in [9.17, 15) is 0 Å². The normalized spacial score (nSPS) is 11.7. The Labute approximate surface area is 97.2 Å². The predicted molar refractivity (Wildman–Crippen MR) is 63.0 cm³/mol. The van der Waals surface area contributed by atoms with Crippen molar-refractivity contribution in [2.24, 2.45) is 11.1 Å². The summed E-state index contributed by atoms with van der Waals surface area (Å²) >= 11 is 0. The second-order valence-corrected chi connectivity index (χ2v) is 3.42. The van der Waals surface area contributed by atoms with Gasteiger partial charge in [0.2, 0.25) is 0 Å². The fourth-order valence-corrected chi connectivity index (χ4v) is 1.61. The van der Waals surface area contributed by atoms with E-state index in [0.29, 0.717) is 25.8 Å². The van der Waals surface area contributed by atoms with Crippen LogP contribution in [0.4, 0.5) is 0 Å². The molecule has 0 saturated carbocycles. The molecular formula is C10H22ClNO3. The fraction of sp³-hybridized carbons (Fsp3) is 0.800. The molecule has 92 valence electrons. The number of rotatable bonds is 8. The molecule has 0 rings (SSSR count). The third kappa shape index (κ3) is 6.87. The molecule has 0 aromatic carbocycles. The number of aliphatic hydroxyl groups is 3. The average Bonchev–Trinajstić information content (AvgIpc) is 2.16. The zero-order valence-electron chi connectivity index (χ0n) is 8.93. The Balaban J connectivity index is 0. The minimum absolute atomic E-state index is 0. The average molecular weight is 240 g/mol. The number of nitrogens with two attached hydrogens (primary N) is 1. The lowest BCUT2D eigenvalue weighted by atomic mass is 9.78. The summed E-state index contributed by atoms with van der Waals surface area (Å²) < 4.78 is 0. The summed E-state index contributed by atoms with van der Waals surface area (Å²) in [5.41, 5.74) is 5.04. The Kier molecular flexibility index (Phi) is 12.0. The summed E-state index contributed by atoms with van der Waals surface area (Å²) in [6.07, 6.45) is 5.34. The highest BCUT2D eigenvalue weighted by atomic mass is 35.5. The molecule has 0 amide bonds. The molecule has 5 N–H and O–H groups in total. The minimum Gasteiger partial charge on any atom is -0.396 e. The quantitative estimate of drug-likeness (QED) is 0.451. The molecule has 0 unspecified atom stereocenters. The van der Waals surface area contributed by atoms with Gasteiger partial charge in [0, 0.05) is 26.4 Å². The number of allylic oxidation sites excluding steroid dienone is 1. The summed E-state index contributed by atoms with van der Waals surface area (Å²) in [7, 11) is 0. The summed E-state index contributed by atoms with van der Waals surface area (Å²) in [5.74, 6) is 0. The lowest BCUT2D eigenvalue weighted by molar-refractivity contribution is 0.137. The van der Waals surface area contributed by atoms with Gasteiger partial charge in [0.25, 0.3) is 0 Å². The van der Waals surface area contributed by atoms with Crippen LogP contribution in [0.15, 0.2) is 12.2 Å². The molecule has 4 nitrogen and oxygen atoms in total. The Morgan fingerprint density at radius 2 is 1.33 bits per heavy atom. The smallest absolute Gasteiger partial charge is 0.0439 e. The summed E-state index contributed by atoms with van der Waals surface area (Å²) in [6.45, 7) is 0.586. The van der Waals surface area contributed by atoms with Crippen LogP contribution in [0.25, 0.3) is 0 Å². The summed E-state index contributed by atoms with van der Waals surface area (Å²) in [6, 6.07) is 0. The van der Waals surface area contributed by atoms with Crippen LogP contribution in [0.3, 0.4) is 0 Å². The van der Waals surface area contributed by atoms with Gasteiger partial charge in [-0.15, -0.1) is 12.4 Å². The highest BCUT2D eigenvalue weighted by Gasteiger charge is 2.25. The Morgan fingerprint density at radius 3 is 1.60 bits per heavy atom.